The molecule has 0 bridgehead atoms. The van der Waals surface area contributed by atoms with Gasteiger partial charge in [0, 0.05) is 30.8 Å². The average Bonchev–Trinajstić information content (AvgIpc) is 2.13. The third-order valence-corrected chi connectivity index (χ3v) is 4.47. The van der Waals surface area contributed by atoms with Crippen molar-refractivity contribution in [2.24, 2.45) is 16.7 Å². The predicted octanol–water partition coefficient (Wildman–Crippen LogP) is 1.99. The number of carboxylic acid groups (broad SMARTS) is 1. The normalized spacial score (nSPS) is 34.3. The minimum atomic E-state index is -0.860. The van der Waals surface area contributed by atoms with Crippen molar-refractivity contribution in [1.29, 1.82) is 0 Å². The molecule has 2 fully saturated rings. The van der Waals surface area contributed by atoms with Crippen LogP contribution in [0.2, 0.25) is 0 Å². The van der Waals surface area contributed by atoms with Crippen molar-refractivity contribution < 1.29 is 14.7 Å². The molecule has 16 heavy (non-hydrogen) atoms. The highest BCUT2D eigenvalue weighted by Gasteiger charge is 2.61. The molecule has 2 rings (SSSR count). The van der Waals surface area contributed by atoms with E-state index in [0.717, 1.165) is 0 Å². The smallest absolute Gasteiger partial charge is 0.407 e. The Labute approximate surface area is 95.6 Å². The molecule has 1 aliphatic carbocycles. The summed E-state index contributed by atoms with van der Waals surface area (Å²) in [5.74, 6) is 0.406. The summed E-state index contributed by atoms with van der Waals surface area (Å²) in [6.45, 7) is 7.35. The predicted molar refractivity (Wildman–Crippen MR) is 59.2 cm³/mol. The maximum absolute atomic E-state index is 11.6. The van der Waals surface area contributed by atoms with Crippen molar-refractivity contribution >= 4 is 11.9 Å². The van der Waals surface area contributed by atoms with E-state index >= 15 is 0 Å². The fourth-order valence-corrected chi connectivity index (χ4v) is 3.23. The van der Waals surface area contributed by atoms with Crippen molar-refractivity contribution in [3.63, 3.8) is 0 Å². The molecule has 1 saturated carbocycles. The van der Waals surface area contributed by atoms with Gasteiger partial charge >= 0.3 is 6.09 Å². The lowest BCUT2D eigenvalue weighted by atomic mass is 9.46. The molecule has 0 aromatic heterocycles. The topological polar surface area (TPSA) is 57.6 Å². The Hall–Kier alpha value is -1.06. The van der Waals surface area contributed by atoms with Gasteiger partial charge in [0.2, 0.25) is 0 Å². The first-order valence-corrected chi connectivity index (χ1v) is 5.78. The Bertz CT molecular complexity index is 345. The van der Waals surface area contributed by atoms with Crippen LogP contribution in [0.5, 0.6) is 0 Å². The van der Waals surface area contributed by atoms with Gasteiger partial charge in [-0.15, -0.1) is 0 Å². The van der Waals surface area contributed by atoms with Crippen LogP contribution in [0.3, 0.4) is 0 Å². The fraction of sp³-hybridized carbons (Fsp3) is 0.833. The van der Waals surface area contributed by atoms with Crippen LogP contribution in [0, 0.1) is 16.7 Å². The van der Waals surface area contributed by atoms with Crippen molar-refractivity contribution in [1.82, 2.24) is 4.90 Å². The van der Waals surface area contributed by atoms with Gasteiger partial charge < -0.3 is 10.0 Å². The summed E-state index contributed by atoms with van der Waals surface area (Å²) in [5.41, 5.74) is -0.138. The zero-order valence-electron chi connectivity index (χ0n) is 10.1. The molecule has 2 aliphatic rings. The number of nitrogens with zero attached hydrogens (tertiary/aromatic N) is 1. The van der Waals surface area contributed by atoms with E-state index in [9.17, 15) is 9.59 Å². The first-order valence-electron chi connectivity index (χ1n) is 5.78. The number of piperidine rings is 1. The standard InChI is InChI=1S/C12H19NO3/c1-11(2,3)12-6-9(14)8(12)4-5-13(7-12)10(15)16/h8H,4-7H2,1-3H3,(H,15,16). The molecule has 0 aromatic rings. The zero-order valence-corrected chi connectivity index (χ0v) is 10.1. The van der Waals surface area contributed by atoms with Crippen LogP contribution >= 0.6 is 0 Å². The molecule has 2 unspecified atom stereocenters. The second kappa shape index (κ2) is 3.22. The summed E-state index contributed by atoms with van der Waals surface area (Å²) in [6.07, 6.45) is 0.384. The minimum absolute atomic E-state index is 0.0142. The fourth-order valence-electron chi connectivity index (χ4n) is 3.23. The van der Waals surface area contributed by atoms with Gasteiger partial charge in [-0.1, -0.05) is 20.8 Å². The molecule has 1 amide bonds. The highest BCUT2D eigenvalue weighted by atomic mass is 16.4. The highest BCUT2D eigenvalue weighted by molar-refractivity contribution is 5.90. The Balaban J connectivity index is 2.26. The van der Waals surface area contributed by atoms with Crippen LogP contribution in [0.4, 0.5) is 4.79 Å². The van der Waals surface area contributed by atoms with Crippen molar-refractivity contribution in [3.8, 4) is 0 Å². The Morgan fingerprint density at radius 3 is 2.56 bits per heavy atom. The molecule has 1 aliphatic heterocycles. The maximum atomic E-state index is 11.6. The molecule has 1 saturated heterocycles. The summed E-state index contributed by atoms with van der Waals surface area (Å²) >= 11 is 0. The summed E-state index contributed by atoms with van der Waals surface area (Å²) in [7, 11) is 0. The van der Waals surface area contributed by atoms with E-state index in [2.05, 4.69) is 20.8 Å². The van der Waals surface area contributed by atoms with E-state index in [1.54, 1.807) is 0 Å². The van der Waals surface area contributed by atoms with Crippen LogP contribution < -0.4 is 0 Å². The number of likely N-dealkylation sites (tertiary alicyclic amines) is 1. The lowest BCUT2D eigenvalue weighted by Gasteiger charge is -2.60. The van der Waals surface area contributed by atoms with Crippen molar-refractivity contribution in [2.45, 2.75) is 33.6 Å². The number of hydrogen-bond acceptors (Lipinski definition) is 2. The summed E-state index contributed by atoms with van der Waals surface area (Å²) < 4.78 is 0. The number of hydrogen-bond donors (Lipinski definition) is 1. The van der Waals surface area contributed by atoms with Gasteiger partial charge in [-0.3, -0.25) is 4.79 Å². The third-order valence-electron chi connectivity index (χ3n) is 4.47. The van der Waals surface area contributed by atoms with Crippen LogP contribution in [0.1, 0.15) is 33.6 Å². The first-order chi connectivity index (χ1) is 7.28. The molecular weight excluding hydrogens is 206 g/mol. The van der Waals surface area contributed by atoms with E-state index in [-0.39, 0.29) is 16.7 Å². The lowest BCUT2D eigenvalue weighted by Crippen LogP contribution is -2.65. The highest BCUT2D eigenvalue weighted by Crippen LogP contribution is 2.58. The molecule has 4 heteroatoms. The van der Waals surface area contributed by atoms with Gasteiger partial charge in [-0.2, -0.15) is 0 Å². The molecule has 4 nitrogen and oxygen atoms in total. The van der Waals surface area contributed by atoms with Crippen LogP contribution in [0.15, 0.2) is 0 Å². The largest absolute Gasteiger partial charge is 0.465 e. The van der Waals surface area contributed by atoms with Gasteiger partial charge in [0.25, 0.3) is 0 Å². The minimum Gasteiger partial charge on any atom is -0.465 e. The van der Waals surface area contributed by atoms with Gasteiger partial charge in [0.05, 0.1) is 0 Å². The van der Waals surface area contributed by atoms with Crippen molar-refractivity contribution in [2.75, 3.05) is 13.1 Å². The maximum Gasteiger partial charge on any atom is 0.407 e. The summed E-state index contributed by atoms with van der Waals surface area (Å²) in [4.78, 5) is 24.1. The number of amides is 1. The zero-order chi connectivity index (χ0) is 12.1. The van der Waals surface area contributed by atoms with Gasteiger partial charge in [0.15, 0.2) is 0 Å². The number of fused-ring (bicyclic) bond motifs is 1. The van der Waals surface area contributed by atoms with E-state index in [4.69, 9.17) is 5.11 Å². The quantitative estimate of drug-likeness (QED) is 0.686. The average molecular weight is 225 g/mol. The van der Waals surface area contributed by atoms with Gasteiger partial charge in [-0.25, -0.2) is 4.79 Å². The van der Waals surface area contributed by atoms with E-state index in [0.29, 0.717) is 31.7 Å². The first kappa shape index (κ1) is 11.4. The van der Waals surface area contributed by atoms with Crippen LogP contribution in [-0.4, -0.2) is 35.0 Å². The van der Waals surface area contributed by atoms with E-state index in [1.165, 1.54) is 4.90 Å². The molecule has 2 atom stereocenters. The third kappa shape index (κ3) is 1.35. The Kier molecular flexibility index (Phi) is 2.30. The lowest BCUT2D eigenvalue weighted by molar-refractivity contribution is -0.165. The summed E-state index contributed by atoms with van der Waals surface area (Å²) in [6, 6.07) is 0. The molecule has 0 aromatic carbocycles. The molecule has 1 heterocycles. The van der Waals surface area contributed by atoms with E-state index in [1.807, 2.05) is 0 Å². The summed E-state index contributed by atoms with van der Waals surface area (Å²) in [5, 5.41) is 9.05. The number of carbonyl (C=O) groups excluding carboxylic acids is 1. The molecule has 0 spiro atoms. The Morgan fingerprint density at radius 2 is 2.12 bits per heavy atom. The molecule has 90 valence electrons. The number of carbonyl (C=O) groups is 2. The Morgan fingerprint density at radius 1 is 1.50 bits per heavy atom. The number of ketones is 1. The molecular formula is C12H19NO3. The van der Waals surface area contributed by atoms with Gasteiger partial charge in [-0.05, 0) is 11.8 Å². The second-order valence-electron chi connectivity index (χ2n) is 6.09. The molecule has 0 radical (unpaired) electrons. The van der Waals surface area contributed by atoms with Crippen molar-refractivity contribution in [3.05, 3.63) is 0 Å². The monoisotopic (exact) mass is 225 g/mol. The SMILES string of the molecule is CC(C)(C)C12CC(=O)C1CCN(C(=O)O)C2. The van der Waals surface area contributed by atoms with Crippen LogP contribution in [0.25, 0.3) is 0 Å². The van der Waals surface area contributed by atoms with Crippen LogP contribution in [-0.2, 0) is 4.79 Å². The second-order valence-corrected chi connectivity index (χ2v) is 6.09. The van der Waals surface area contributed by atoms with Gasteiger partial charge in [0.1, 0.15) is 5.78 Å². The number of Topliss-reactive ketones (excluding diaryl/α,β-unsaturated/α-hetero) is 1. The molecule has 1 N–H and O–H groups in total. The number of rotatable bonds is 0. The van der Waals surface area contributed by atoms with E-state index < -0.39 is 6.09 Å².